The first-order valence-corrected chi connectivity index (χ1v) is 5.74. The Balaban J connectivity index is 5.20. The van der Waals surface area contributed by atoms with Crippen molar-refractivity contribution in [2.24, 2.45) is 0 Å². The van der Waals surface area contributed by atoms with Crippen LogP contribution in [0.15, 0.2) is 0 Å². The molecule has 24 heavy (non-hydrogen) atoms. The lowest BCUT2D eigenvalue weighted by molar-refractivity contribution is -0.357. The molecule has 0 fully saturated rings. The molecule has 0 spiro atoms. The van der Waals surface area contributed by atoms with Crippen LogP contribution in [0.1, 0.15) is 13.8 Å². The monoisotopic (exact) mass is 390 g/mol. The highest BCUT2D eigenvalue weighted by molar-refractivity contribution is 4.83. The van der Waals surface area contributed by atoms with Crippen LogP contribution >= 0.6 is 0 Å². The molecular weight excluding hydrogens is 380 g/mol. The van der Waals surface area contributed by atoms with Crippen LogP contribution in [0.5, 0.6) is 0 Å². The third-order valence-corrected chi connectivity index (χ3v) is 2.22. The van der Waals surface area contributed by atoms with Gasteiger partial charge in [-0.1, -0.05) is 0 Å². The quantitative estimate of drug-likeness (QED) is 0.629. The molecule has 0 saturated carbocycles. The van der Waals surface area contributed by atoms with E-state index in [1.165, 1.54) is 0 Å². The highest BCUT2D eigenvalue weighted by Crippen LogP contribution is 2.39. The molecule has 146 valence electrons. The number of halogens is 12. The van der Waals surface area contributed by atoms with Crippen molar-refractivity contribution in [3.63, 3.8) is 0 Å². The summed E-state index contributed by atoms with van der Waals surface area (Å²) in [7, 11) is 0. The predicted molar refractivity (Wildman–Crippen MR) is 52.9 cm³/mol. The first-order valence-electron chi connectivity index (χ1n) is 5.74. The number of alkyl halides is 12. The van der Waals surface area contributed by atoms with Crippen LogP contribution in [-0.2, 0) is 9.47 Å². The number of rotatable bonds is 5. The fourth-order valence-electron chi connectivity index (χ4n) is 1.33. The zero-order valence-corrected chi connectivity index (χ0v) is 11.7. The highest BCUT2D eigenvalue weighted by atomic mass is 19.4. The van der Waals surface area contributed by atoms with E-state index in [0.717, 1.165) is 0 Å². The summed E-state index contributed by atoms with van der Waals surface area (Å²) >= 11 is 0. The van der Waals surface area contributed by atoms with E-state index >= 15 is 0 Å². The van der Waals surface area contributed by atoms with Crippen molar-refractivity contribution in [3.8, 4) is 0 Å². The molecule has 0 aromatic carbocycles. The molecule has 14 heteroatoms. The lowest BCUT2D eigenvalue weighted by Gasteiger charge is -2.34. The highest BCUT2D eigenvalue weighted by Gasteiger charge is 2.61. The molecule has 0 atom stereocenters. The summed E-state index contributed by atoms with van der Waals surface area (Å²) in [5.74, 6) is 0. The van der Waals surface area contributed by atoms with Crippen molar-refractivity contribution in [3.05, 3.63) is 0 Å². The summed E-state index contributed by atoms with van der Waals surface area (Å²) in [6.07, 6.45) is -32.7. The second kappa shape index (κ2) is 6.77. The maximum absolute atomic E-state index is 12.3. The Labute approximate surface area is 126 Å². The van der Waals surface area contributed by atoms with Gasteiger partial charge in [0.1, 0.15) is 0 Å². The molecule has 0 amide bonds. The SMILES string of the molecule is CC(C)(COC(C(F)(F)F)C(F)(F)F)OC(C(F)(F)F)C(F)(F)F. The first kappa shape index (κ1) is 23.1. The summed E-state index contributed by atoms with van der Waals surface area (Å²) in [5.41, 5.74) is -2.76. The summed E-state index contributed by atoms with van der Waals surface area (Å²) in [5, 5.41) is 0. The van der Waals surface area contributed by atoms with Crippen LogP contribution in [0.3, 0.4) is 0 Å². The average Bonchev–Trinajstić information content (AvgIpc) is 2.18. The van der Waals surface area contributed by atoms with Gasteiger partial charge >= 0.3 is 24.7 Å². The van der Waals surface area contributed by atoms with E-state index in [-0.39, 0.29) is 0 Å². The lowest BCUT2D eigenvalue weighted by atomic mass is 10.1. The standard InChI is InChI=1S/C10H10F12O2/c1-6(2,24-5(9(17,18)19)10(20,21)22)3-23-4(7(11,12)13)8(14,15)16/h4-5H,3H2,1-2H3. The van der Waals surface area contributed by atoms with Crippen LogP contribution in [0, 0.1) is 0 Å². The summed E-state index contributed by atoms with van der Waals surface area (Å²) in [6, 6.07) is 0. The first-order chi connectivity index (χ1) is 10.2. The van der Waals surface area contributed by atoms with Crippen LogP contribution in [-0.4, -0.2) is 49.1 Å². The fraction of sp³-hybridized carbons (Fsp3) is 1.00. The summed E-state index contributed by atoms with van der Waals surface area (Å²) in [4.78, 5) is 0. The smallest absolute Gasteiger partial charge is 0.358 e. The normalized spacial score (nSPS) is 15.5. The average molecular weight is 390 g/mol. The molecule has 0 heterocycles. The van der Waals surface area contributed by atoms with Gasteiger partial charge in [0.05, 0.1) is 12.2 Å². The topological polar surface area (TPSA) is 18.5 Å². The summed E-state index contributed by atoms with van der Waals surface area (Å²) in [6.45, 7) is -0.998. The van der Waals surface area contributed by atoms with Crippen LogP contribution in [0.4, 0.5) is 52.7 Å². The van der Waals surface area contributed by atoms with Gasteiger partial charge in [-0.3, -0.25) is 0 Å². The van der Waals surface area contributed by atoms with Gasteiger partial charge in [0.25, 0.3) is 0 Å². The second-order valence-corrected chi connectivity index (χ2v) is 5.12. The Morgan fingerprint density at radius 2 is 0.875 bits per heavy atom. The molecule has 0 unspecified atom stereocenters. The Morgan fingerprint density at radius 1 is 0.583 bits per heavy atom. The van der Waals surface area contributed by atoms with Crippen molar-refractivity contribution in [1.82, 2.24) is 0 Å². The fourth-order valence-corrected chi connectivity index (χ4v) is 1.33. The summed E-state index contributed by atoms with van der Waals surface area (Å²) < 4.78 is 154. The van der Waals surface area contributed by atoms with Crippen molar-refractivity contribution in [1.29, 1.82) is 0 Å². The predicted octanol–water partition coefficient (Wildman–Crippen LogP) is 4.78. The van der Waals surface area contributed by atoms with Gasteiger partial charge < -0.3 is 9.47 Å². The Kier molecular flexibility index (Phi) is 6.51. The lowest BCUT2D eigenvalue weighted by Crippen LogP contribution is -2.52. The molecule has 0 aromatic heterocycles. The van der Waals surface area contributed by atoms with Crippen LogP contribution in [0.2, 0.25) is 0 Å². The van der Waals surface area contributed by atoms with Gasteiger partial charge in [-0.05, 0) is 13.8 Å². The Morgan fingerprint density at radius 3 is 1.12 bits per heavy atom. The molecule has 2 nitrogen and oxygen atoms in total. The van der Waals surface area contributed by atoms with E-state index in [1.54, 1.807) is 0 Å². The third-order valence-electron chi connectivity index (χ3n) is 2.22. The molecule has 0 aliphatic rings. The number of ether oxygens (including phenoxy) is 2. The van der Waals surface area contributed by atoms with Crippen LogP contribution in [0.25, 0.3) is 0 Å². The van der Waals surface area contributed by atoms with E-state index in [2.05, 4.69) is 9.47 Å². The van der Waals surface area contributed by atoms with Gasteiger partial charge in [0.15, 0.2) is 0 Å². The number of hydrogen-bond donors (Lipinski definition) is 0. The molecule has 0 aromatic rings. The van der Waals surface area contributed by atoms with Crippen molar-refractivity contribution in [2.45, 2.75) is 56.4 Å². The molecule has 0 saturated heterocycles. The number of hydrogen-bond acceptors (Lipinski definition) is 2. The van der Waals surface area contributed by atoms with E-state index in [9.17, 15) is 52.7 Å². The van der Waals surface area contributed by atoms with Gasteiger partial charge in [0.2, 0.25) is 12.2 Å². The third kappa shape index (κ3) is 7.32. The van der Waals surface area contributed by atoms with Gasteiger partial charge in [-0.15, -0.1) is 0 Å². The minimum Gasteiger partial charge on any atom is -0.358 e. The van der Waals surface area contributed by atoms with Crippen molar-refractivity contribution in [2.75, 3.05) is 6.61 Å². The van der Waals surface area contributed by atoms with Crippen LogP contribution < -0.4 is 0 Å². The zero-order valence-electron chi connectivity index (χ0n) is 11.7. The maximum atomic E-state index is 12.3. The van der Waals surface area contributed by atoms with Crippen molar-refractivity contribution >= 4 is 0 Å². The van der Waals surface area contributed by atoms with E-state index in [1.807, 2.05) is 0 Å². The minimum atomic E-state index is -5.98. The Hall–Kier alpha value is -0.920. The maximum Gasteiger partial charge on any atom is 0.423 e. The van der Waals surface area contributed by atoms with Crippen molar-refractivity contribution < 1.29 is 62.2 Å². The molecule has 0 radical (unpaired) electrons. The molecule has 0 rings (SSSR count). The molecule has 0 bridgehead atoms. The molecule has 0 aliphatic carbocycles. The van der Waals surface area contributed by atoms with E-state index in [0.29, 0.717) is 13.8 Å². The molecule has 0 aliphatic heterocycles. The Bertz CT molecular complexity index is 374. The minimum absolute atomic E-state index is 0.418. The van der Waals surface area contributed by atoms with Gasteiger partial charge in [-0.2, -0.15) is 52.7 Å². The van der Waals surface area contributed by atoms with E-state index < -0.39 is 49.1 Å². The zero-order chi connectivity index (χ0) is 19.8. The molecular formula is C10H10F12O2. The van der Waals surface area contributed by atoms with Gasteiger partial charge in [0, 0.05) is 0 Å². The van der Waals surface area contributed by atoms with E-state index in [4.69, 9.17) is 0 Å². The largest absolute Gasteiger partial charge is 0.423 e. The molecule has 0 N–H and O–H groups in total. The second-order valence-electron chi connectivity index (χ2n) is 5.12. The van der Waals surface area contributed by atoms with Gasteiger partial charge in [-0.25, -0.2) is 0 Å².